The van der Waals surface area contributed by atoms with Crippen LogP contribution >= 0.6 is 0 Å². The van der Waals surface area contributed by atoms with Crippen LogP contribution in [-0.4, -0.2) is 18.1 Å². The van der Waals surface area contributed by atoms with E-state index in [2.05, 4.69) is 19.2 Å². The molecule has 1 rings (SSSR count). The summed E-state index contributed by atoms with van der Waals surface area (Å²) >= 11 is 0. The summed E-state index contributed by atoms with van der Waals surface area (Å²) in [4.78, 5) is 12.1. The maximum Gasteiger partial charge on any atom is 0.326 e. The molecular formula is C16H25NO2. The fourth-order valence-corrected chi connectivity index (χ4v) is 2.23. The Morgan fingerprint density at radius 2 is 1.95 bits per heavy atom. The predicted octanol–water partition coefficient (Wildman–Crippen LogP) is 3.14. The second-order valence-corrected chi connectivity index (χ2v) is 5.49. The van der Waals surface area contributed by atoms with Crippen LogP contribution in [0.4, 0.5) is 0 Å². The number of hydrogen-bond donors (Lipinski definition) is 1. The smallest absolute Gasteiger partial charge is 0.326 e. The first-order valence-corrected chi connectivity index (χ1v) is 6.94. The van der Waals surface area contributed by atoms with E-state index in [-0.39, 0.29) is 5.97 Å². The van der Waals surface area contributed by atoms with Crippen molar-refractivity contribution in [1.82, 2.24) is 5.32 Å². The highest BCUT2D eigenvalue weighted by Crippen LogP contribution is 2.19. The highest BCUT2D eigenvalue weighted by Gasteiger charge is 2.34. The van der Waals surface area contributed by atoms with Gasteiger partial charge in [0.15, 0.2) is 0 Å². The fourth-order valence-electron chi connectivity index (χ4n) is 2.23. The van der Waals surface area contributed by atoms with Crippen LogP contribution in [-0.2, 0) is 16.1 Å². The highest BCUT2D eigenvalue weighted by molar-refractivity contribution is 5.80. The highest BCUT2D eigenvalue weighted by atomic mass is 16.5. The average molecular weight is 263 g/mol. The Bertz CT molecular complexity index is 389. The third kappa shape index (κ3) is 5.03. The van der Waals surface area contributed by atoms with Crippen LogP contribution in [0.1, 0.15) is 39.7 Å². The van der Waals surface area contributed by atoms with Gasteiger partial charge in [0, 0.05) is 6.54 Å². The maximum absolute atomic E-state index is 12.1. The van der Waals surface area contributed by atoms with Crippen molar-refractivity contribution in [1.29, 1.82) is 0 Å². The van der Waals surface area contributed by atoms with E-state index in [9.17, 15) is 4.79 Å². The Morgan fingerprint density at radius 3 is 2.47 bits per heavy atom. The molecule has 0 amide bonds. The van der Waals surface area contributed by atoms with E-state index in [1.807, 2.05) is 44.2 Å². The number of benzene rings is 1. The zero-order valence-electron chi connectivity index (χ0n) is 12.4. The molecule has 1 aromatic rings. The van der Waals surface area contributed by atoms with Gasteiger partial charge >= 0.3 is 5.97 Å². The number of nitrogens with one attached hydrogen (secondary N) is 1. The number of rotatable bonds is 7. The van der Waals surface area contributed by atoms with Gasteiger partial charge in [0.25, 0.3) is 0 Å². The van der Waals surface area contributed by atoms with Crippen LogP contribution in [0.2, 0.25) is 0 Å². The summed E-state index contributed by atoms with van der Waals surface area (Å²) < 4.78 is 5.19. The minimum absolute atomic E-state index is 0.167. The Balaban J connectivity index is 2.71. The lowest BCUT2D eigenvalue weighted by atomic mass is 9.90. The van der Waals surface area contributed by atoms with Gasteiger partial charge in [-0.15, -0.1) is 0 Å². The summed E-state index contributed by atoms with van der Waals surface area (Å²) in [6, 6.07) is 10.1. The summed E-state index contributed by atoms with van der Waals surface area (Å²) in [5, 5.41) is 3.35. The predicted molar refractivity (Wildman–Crippen MR) is 77.8 cm³/mol. The van der Waals surface area contributed by atoms with Crippen molar-refractivity contribution in [2.75, 3.05) is 6.61 Å². The molecule has 0 fully saturated rings. The molecule has 0 bridgehead atoms. The third-order valence-corrected chi connectivity index (χ3v) is 3.07. The van der Waals surface area contributed by atoms with Crippen molar-refractivity contribution >= 4 is 5.97 Å². The molecule has 3 nitrogen and oxygen atoms in total. The van der Waals surface area contributed by atoms with Crippen LogP contribution in [0, 0.1) is 5.92 Å². The van der Waals surface area contributed by atoms with E-state index < -0.39 is 5.54 Å². The monoisotopic (exact) mass is 263 g/mol. The number of carbonyl (C=O) groups excluding carboxylic acids is 1. The van der Waals surface area contributed by atoms with Crippen LogP contribution in [0.25, 0.3) is 0 Å². The molecule has 0 aromatic heterocycles. The molecule has 0 aliphatic rings. The zero-order valence-corrected chi connectivity index (χ0v) is 12.4. The minimum atomic E-state index is -0.625. The number of esters is 1. The molecule has 0 radical (unpaired) electrons. The molecule has 19 heavy (non-hydrogen) atoms. The maximum atomic E-state index is 12.1. The van der Waals surface area contributed by atoms with Crippen molar-refractivity contribution in [2.24, 2.45) is 5.92 Å². The van der Waals surface area contributed by atoms with Gasteiger partial charge in [-0.05, 0) is 31.7 Å². The second-order valence-electron chi connectivity index (χ2n) is 5.49. The molecule has 1 atom stereocenters. The van der Waals surface area contributed by atoms with Gasteiger partial charge in [-0.2, -0.15) is 0 Å². The van der Waals surface area contributed by atoms with Gasteiger partial charge in [0.1, 0.15) is 5.54 Å². The van der Waals surface area contributed by atoms with E-state index in [0.717, 1.165) is 6.42 Å². The SMILES string of the molecule is CCOC(=O)C(C)(CC(C)C)NCc1ccccc1. The molecule has 0 saturated heterocycles. The Labute approximate surface area is 116 Å². The molecule has 1 N–H and O–H groups in total. The van der Waals surface area contributed by atoms with E-state index in [0.29, 0.717) is 19.1 Å². The molecule has 0 saturated carbocycles. The summed E-state index contributed by atoms with van der Waals surface area (Å²) in [6.07, 6.45) is 0.763. The first kappa shape index (κ1) is 15.7. The number of ether oxygens (including phenoxy) is 1. The van der Waals surface area contributed by atoms with E-state index >= 15 is 0 Å². The number of carbonyl (C=O) groups is 1. The average Bonchev–Trinajstić information content (AvgIpc) is 2.37. The molecule has 106 valence electrons. The van der Waals surface area contributed by atoms with Gasteiger partial charge in [-0.3, -0.25) is 10.1 Å². The lowest BCUT2D eigenvalue weighted by Crippen LogP contribution is -2.51. The summed E-state index contributed by atoms with van der Waals surface area (Å²) in [7, 11) is 0. The van der Waals surface area contributed by atoms with Crippen LogP contribution in [0.3, 0.4) is 0 Å². The number of hydrogen-bond acceptors (Lipinski definition) is 3. The van der Waals surface area contributed by atoms with Crippen LogP contribution in [0.15, 0.2) is 30.3 Å². The summed E-state index contributed by atoms with van der Waals surface area (Å²) in [6.45, 7) is 9.07. The molecule has 0 spiro atoms. The van der Waals surface area contributed by atoms with Crippen molar-refractivity contribution in [3.05, 3.63) is 35.9 Å². The lowest BCUT2D eigenvalue weighted by molar-refractivity contribution is -0.151. The Morgan fingerprint density at radius 1 is 1.32 bits per heavy atom. The molecule has 1 aromatic carbocycles. The van der Waals surface area contributed by atoms with Gasteiger partial charge in [-0.25, -0.2) is 0 Å². The van der Waals surface area contributed by atoms with E-state index in [4.69, 9.17) is 4.74 Å². The summed E-state index contributed by atoms with van der Waals surface area (Å²) in [5.41, 5.74) is 0.543. The topological polar surface area (TPSA) is 38.3 Å². The molecule has 0 heterocycles. The third-order valence-electron chi connectivity index (χ3n) is 3.07. The fraction of sp³-hybridized carbons (Fsp3) is 0.562. The molecule has 0 aliphatic heterocycles. The minimum Gasteiger partial charge on any atom is -0.465 e. The van der Waals surface area contributed by atoms with Crippen molar-refractivity contribution < 1.29 is 9.53 Å². The zero-order chi connectivity index (χ0) is 14.3. The van der Waals surface area contributed by atoms with E-state index in [1.54, 1.807) is 0 Å². The van der Waals surface area contributed by atoms with Gasteiger partial charge < -0.3 is 4.74 Å². The first-order valence-electron chi connectivity index (χ1n) is 6.94. The van der Waals surface area contributed by atoms with Crippen molar-refractivity contribution in [2.45, 2.75) is 46.2 Å². The van der Waals surface area contributed by atoms with Crippen molar-refractivity contribution in [3.63, 3.8) is 0 Å². The van der Waals surface area contributed by atoms with Crippen molar-refractivity contribution in [3.8, 4) is 0 Å². The normalized spacial score (nSPS) is 14.2. The summed E-state index contributed by atoms with van der Waals surface area (Å²) in [5.74, 6) is 0.261. The van der Waals surface area contributed by atoms with Gasteiger partial charge in [0.05, 0.1) is 6.61 Å². The molecule has 0 aliphatic carbocycles. The molecule has 3 heteroatoms. The van der Waals surface area contributed by atoms with Gasteiger partial charge in [-0.1, -0.05) is 44.2 Å². The van der Waals surface area contributed by atoms with Crippen LogP contribution < -0.4 is 5.32 Å². The quantitative estimate of drug-likeness (QED) is 0.768. The Hall–Kier alpha value is -1.35. The molecular weight excluding hydrogens is 238 g/mol. The second kappa shape index (κ2) is 7.29. The van der Waals surface area contributed by atoms with E-state index in [1.165, 1.54) is 5.56 Å². The Kier molecular flexibility index (Phi) is 6.03. The van der Waals surface area contributed by atoms with Gasteiger partial charge in [0.2, 0.25) is 0 Å². The van der Waals surface area contributed by atoms with Crippen LogP contribution in [0.5, 0.6) is 0 Å². The lowest BCUT2D eigenvalue weighted by Gasteiger charge is -2.30. The largest absolute Gasteiger partial charge is 0.465 e. The standard InChI is InChI=1S/C16H25NO2/c1-5-19-15(18)16(4,11-13(2)3)17-12-14-9-7-6-8-10-14/h6-10,13,17H,5,11-12H2,1-4H3. The molecule has 1 unspecified atom stereocenters. The first-order chi connectivity index (χ1) is 8.98.